The molecule has 3 atom stereocenters. The molecule has 5 heterocycles. The van der Waals surface area contributed by atoms with E-state index in [2.05, 4.69) is 61.8 Å². The van der Waals surface area contributed by atoms with E-state index in [0.717, 1.165) is 83.0 Å². The average molecular weight is 1410 g/mol. The number of rotatable bonds is 12. The molecule has 0 saturated carbocycles. The standard InChI is InChI=1S/C52H38N14O14S10/c53-25-15-28-47-51(42(25)67)85-83-49-36-26(16-29(56-28)45(49)81-47)57-37-27(58-36)17-30-46-50(37)84-86-52-44(69)35(55)40(41(59-30)48(52)82-46)65-62-19-1-3-22(4-2-19)66-87(70,71)23-9-5-20(6-10-23)60-63-38-31(89(75,76)77)13-18-14-32(90(78,79)80)39(43(68)33(18)34(38)54)64-61-21-7-11-24(12-8-21)88(72,73)74/h1-17,36,47-48,58,66-69,72-74,78-80H,53-55H2,(H,75,76,77)/p+3. The first-order chi connectivity index (χ1) is 42.7. The van der Waals surface area contributed by atoms with Crippen molar-refractivity contribution in [2.45, 2.75) is 45.9 Å². The van der Waals surface area contributed by atoms with Gasteiger partial charge >= 0.3 is 0 Å². The molecule has 0 aromatic heterocycles. The molecule has 460 valence electrons. The highest BCUT2D eigenvalue weighted by Crippen LogP contribution is 2.61. The van der Waals surface area contributed by atoms with Crippen molar-refractivity contribution in [1.29, 1.82) is 0 Å². The first-order valence-corrected chi connectivity index (χ1v) is 37.6. The van der Waals surface area contributed by atoms with Gasteiger partial charge in [0.2, 0.25) is 34.2 Å². The van der Waals surface area contributed by atoms with Crippen LogP contribution in [-0.4, -0.2) is 97.7 Å². The Bertz CT molecular complexity index is 4930. The molecule has 90 heavy (non-hydrogen) atoms. The number of nitrogens with one attached hydrogen (secondary N) is 5. The number of aromatic hydroxyl groups is 1. The van der Waals surface area contributed by atoms with Crippen LogP contribution in [0.1, 0.15) is 0 Å². The minimum Gasteiger partial charge on any atom is -0.505 e. The number of aliphatic hydroxyl groups is 2. The highest BCUT2D eigenvalue weighted by Gasteiger charge is 2.51. The lowest BCUT2D eigenvalue weighted by Crippen LogP contribution is -2.78. The number of phenols is 1. The zero-order chi connectivity index (χ0) is 63.2. The second kappa shape index (κ2) is 21.9. The van der Waals surface area contributed by atoms with Gasteiger partial charge < -0.3 is 65.2 Å². The van der Waals surface area contributed by atoms with Crippen LogP contribution in [0.2, 0.25) is 0 Å². The van der Waals surface area contributed by atoms with Crippen molar-refractivity contribution < 1.29 is 79.0 Å². The molecule has 0 saturated heterocycles. The Labute approximate surface area is 534 Å². The first-order valence-electron chi connectivity index (χ1n) is 25.6. The maximum Gasteiger partial charge on any atom is 0.296 e. The second-order valence-electron chi connectivity index (χ2n) is 20.2. The predicted octanol–water partition coefficient (Wildman–Crippen LogP) is 9.00. The van der Waals surface area contributed by atoms with Gasteiger partial charge in [-0.05, 0) is 101 Å². The highest BCUT2D eigenvalue weighted by molar-refractivity contribution is 8.80. The monoisotopic (exact) mass is 1410 g/mol. The van der Waals surface area contributed by atoms with Crippen molar-refractivity contribution in [1.82, 2.24) is 0 Å². The molecular weight excluding hydrogens is 1370 g/mol. The van der Waals surface area contributed by atoms with Crippen molar-refractivity contribution in [2.75, 3.05) is 15.8 Å². The van der Waals surface area contributed by atoms with E-state index in [9.17, 15) is 64.0 Å². The van der Waals surface area contributed by atoms with Crippen LogP contribution in [0.5, 0.6) is 5.75 Å². The van der Waals surface area contributed by atoms with Gasteiger partial charge in [-0.25, -0.2) is 23.4 Å². The van der Waals surface area contributed by atoms with Gasteiger partial charge in [-0.15, -0.1) is 15.3 Å². The molecular formula is C52H41N14O14S10+3. The third kappa shape index (κ3) is 10.5. The van der Waals surface area contributed by atoms with Crippen molar-refractivity contribution >= 4 is 193 Å². The molecule has 0 radical (unpaired) electrons. The predicted molar refractivity (Wildman–Crippen MR) is 349 cm³/mol. The van der Waals surface area contributed by atoms with E-state index in [1.54, 1.807) is 40.4 Å². The molecule has 3 unspecified atom stereocenters. The summed E-state index contributed by atoms with van der Waals surface area (Å²) in [5.74, 6) is -1.01. The number of allylic oxidation sites excluding steroid dienone is 2. The van der Waals surface area contributed by atoms with E-state index < -0.39 is 85.1 Å². The quantitative estimate of drug-likeness (QED) is 0.0235. The number of hydrogen-bond donors (Lipinski definition) is 18. The van der Waals surface area contributed by atoms with Gasteiger partial charge in [-0.3, -0.25) is 9.27 Å². The van der Waals surface area contributed by atoms with Gasteiger partial charge in [0.1, 0.15) is 75.7 Å². The van der Waals surface area contributed by atoms with Gasteiger partial charge in [-0.2, -0.15) is 23.8 Å². The molecule has 3 aliphatic carbocycles. The molecule has 0 fully saturated rings. The summed E-state index contributed by atoms with van der Waals surface area (Å²) in [5, 5.41) is 61.1. The van der Waals surface area contributed by atoms with E-state index in [4.69, 9.17) is 17.2 Å². The summed E-state index contributed by atoms with van der Waals surface area (Å²) >= 11 is 3.23. The Morgan fingerprint density at radius 2 is 1.19 bits per heavy atom. The van der Waals surface area contributed by atoms with E-state index in [1.807, 2.05) is 6.07 Å². The fourth-order valence-electron chi connectivity index (χ4n) is 10.3. The van der Waals surface area contributed by atoms with Crippen LogP contribution in [-0.2, 0) is 20.1 Å². The summed E-state index contributed by atoms with van der Waals surface area (Å²) in [7, 11) is -12.3. The number of benzene rings is 6. The van der Waals surface area contributed by atoms with E-state index in [0.29, 0.717) is 22.0 Å². The van der Waals surface area contributed by atoms with Crippen molar-refractivity contribution in [3.63, 3.8) is 0 Å². The largest absolute Gasteiger partial charge is 0.505 e. The summed E-state index contributed by atoms with van der Waals surface area (Å²) < 4.78 is 125. The molecule has 5 aliphatic heterocycles. The molecule has 6 aromatic rings. The number of hydrogen-bond acceptors (Lipinski definition) is 29. The molecule has 21 N–H and O–H groups in total. The maximum atomic E-state index is 13.7. The molecule has 28 nitrogen and oxygen atoms in total. The van der Waals surface area contributed by atoms with Crippen LogP contribution in [0.15, 0.2) is 217 Å². The van der Waals surface area contributed by atoms with Crippen molar-refractivity contribution in [3.8, 4) is 5.75 Å². The Hall–Kier alpha value is -7.35. The summed E-state index contributed by atoms with van der Waals surface area (Å²) in [6, 6.07) is 18.6. The molecule has 4 bridgehead atoms. The molecule has 6 aromatic carbocycles. The first kappa shape index (κ1) is 60.2. The van der Waals surface area contributed by atoms with Crippen molar-refractivity contribution in [3.05, 3.63) is 157 Å². The zero-order valence-electron chi connectivity index (χ0n) is 44.6. The molecule has 0 amide bonds. The Kier molecular flexibility index (Phi) is 14.7. The number of fused-ring (bicyclic) bond motifs is 5. The second-order valence-corrected chi connectivity index (χ2v) is 32.9. The number of nitrogen functional groups attached to an aromatic ring is 1. The smallest absolute Gasteiger partial charge is 0.296 e. The minimum atomic E-state index is -5.21. The number of aliphatic hydroxyl groups excluding tert-OH is 2. The van der Waals surface area contributed by atoms with E-state index >= 15 is 0 Å². The van der Waals surface area contributed by atoms with Crippen molar-refractivity contribution in [2.24, 2.45) is 42.2 Å². The van der Waals surface area contributed by atoms with Gasteiger partial charge in [0.15, 0.2) is 23.0 Å². The fraction of sp³-hybridized carbons (Fsp3) is 0.0577. The Morgan fingerprint density at radius 3 is 1.86 bits per heavy atom. The van der Waals surface area contributed by atoms with Crippen LogP contribution in [0, 0.1) is 0 Å². The Balaban J connectivity index is 0.692. The lowest BCUT2D eigenvalue weighted by atomic mass is 9.99. The number of azo groups is 3. The van der Waals surface area contributed by atoms with E-state index in [1.165, 1.54) is 93.0 Å². The minimum absolute atomic E-state index is 0.00412. The molecule has 0 spiro atoms. The topological polar surface area (TPSA) is 489 Å². The number of anilines is 3. The molecule has 8 aliphatic rings. The van der Waals surface area contributed by atoms with Gasteiger partial charge in [0.05, 0.1) is 69.3 Å². The normalized spacial score (nSPS) is 20.7. The van der Waals surface area contributed by atoms with Crippen LogP contribution in [0.4, 0.5) is 56.9 Å². The number of thioether (sulfide) groups is 2. The van der Waals surface area contributed by atoms with Crippen LogP contribution < -0.4 is 42.2 Å². The zero-order valence-corrected chi connectivity index (χ0v) is 52.8. The number of sulfonamides is 1. The molecule has 14 rings (SSSR count). The molecule has 38 heteroatoms. The maximum absolute atomic E-state index is 13.7. The van der Waals surface area contributed by atoms with Gasteiger partial charge in [-0.1, -0.05) is 55.9 Å². The SMILES string of the molecule is NC1=CC2=[NH+]C3=CC4=[NH+]c5c(cc6c7c5SSC5=C(O)C(N)=C(N=Nc8ccc(NS(=O)(=O)c9ccc(N=Nc%10c(S(=O)(=O)O)cc%11cc(S(O)(O)O)c(N=Nc%12ccc(S(O)(O)O)cc%12)c(O)c%11c%10N)cc9)cc8)C(=[NH+]6)C5S7)NC4C4=C3SC2C(=C1O)SS4. The van der Waals surface area contributed by atoms with E-state index in [-0.39, 0.29) is 66.4 Å². The lowest BCUT2D eigenvalue weighted by Gasteiger charge is -2.29. The third-order valence-corrected chi connectivity index (χ3v) is 27.1. The van der Waals surface area contributed by atoms with Crippen LogP contribution in [0.3, 0.4) is 0 Å². The van der Waals surface area contributed by atoms with Crippen LogP contribution >= 0.6 is 88.4 Å². The van der Waals surface area contributed by atoms with Gasteiger partial charge in [0, 0.05) is 22.7 Å². The number of nitrogens with two attached hydrogens (primary N) is 3. The number of nitrogens with zero attached hydrogens (tertiary/aromatic N) is 6. The summed E-state index contributed by atoms with van der Waals surface area (Å²) in [6.07, 6.45) is 3.90. The highest BCUT2D eigenvalue weighted by atomic mass is 33.1. The summed E-state index contributed by atoms with van der Waals surface area (Å²) in [6.45, 7) is 0. The third-order valence-electron chi connectivity index (χ3n) is 14.5. The summed E-state index contributed by atoms with van der Waals surface area (Å²) in [4.78, 5) is 14.1. The fourth-order valence-corrected chi connectivity index (χ4v) is 22.6. The van der Waals surface area contributed by atoms with Crippen LogP contribution in [0.25, 0.3) is 10.8 Å². The average Bonchev–Trinajstić information content (AvgIpc) is 1.34. The summed E-state index contributed by atoms with van der Waals surface area (Å²) in [5.41, 5.74) is 23.9. The number of phenolic OH excluding ortho intramolecular Hbond substituents is 1. The van der Waals surface area contributed by atoms with Gasteiger partial charge in [0.25, 0.3) is 20.1 Å². The lowest BCUT2D eigenvalue weighted by molar-refractivity contribution is -0.394. The Morgan fingerprint density at radius 1 is 0.578 bits per heavy atom.